The third-order valence-corrected chi connectivity index (χ3v) is 2.56. The van der Waals surface area contributed by atoms with E-state index in [0.717, 1.165) is 0 Å². The van der Waals surface area contributed by atoms with Gasteiger partial charge in [0.15, 0.2) is 0 Å². The topological polar surface area (TPSA) is 67.5 Å². The molecule has 22 heavy (non-hydrogen) atoms. The summed E-state index contributed by atoms with van der Waals surface area (Å²) in [6.07, 6.45) is -9.92. The molecule has 3 N–H and O–H groups in total. The third-order valence-electron chi connectivity index (χ3n) is 2.56. The number of nitrogens with two attached hydrogens (primary N) is 1. The number of urea groups is 1. The van der Waals surface area contributed by atoms with Gasteiger partial charge in [0.25, 0.3) is 0 Å². The van der Waals surface area contributed by atoms with Gasteiger partial charge in [-0.1, -0.05) is 6.92 Å². The second kappa shape index (κ2) is 6.24. The highest BCUT2D eigenvalue weighted by Gasteiger charge is 2.37. The molecule has 122 valence electrons. The van der Waals surface area contributed by atoms with E-state index in [-0.39, 0.29) is 18.2 Å². The molecule has 4 nitrogen and oxygen atoms in total. The number of amides is 2. The van der Waals surface area contributed by atoms with Crippen LogP contribution < -0.4 is 11.2 Å². The Morgan fingerprint density at radius 1 is 1.09 bits per heavy atom. The maximum atomic E-state index is 12.7. The first-order valence-electron chi connectivity index (χ1n) is 5.87. The standard InChI is InChI=1S/C12H11F6N3O/c1-2-9(20-21-10(19)22)6-3-7(11(13,14)15)5-8(4-6)12(16,17)18/h3-5H,2H2,1H3,(H3,19,21,22)/b20-9+. The molecule has 0 bridgehead atoms. The van der Waals surface area contributed by atoms with Crippen LogP contribution >= 0.6 is 0 Å². The average Bonchev–Trinajstić information content (AvgIpc) is 2.36. The van der Waals surface area contributed by atoms with Crippen molar-refractivity contribution in [2.75, 3.05) is 0 Å². The van der Waals surface area contributed by atoms with E-state index in [1.807, 2.05) is 0 Å². The van der Waals surface area contributed by atoms with Gasteiger partial charge in [0.05, 0.1) is 16.8 Å². The molecule has 1 rings (SSSR count). The number of primary amides is 1. The molecule has 0 radical (unpaired) electrons. The van der Waals surface area contributed by atoms with Crippen LogP contribution in [0.25, 0.3) is 0 Å². The van der Waals surface area contributed by atoms with Crippen LogP contribution in [0.4, 0.5) is 31.1 Å². The molecule has 1 aromatic carbocycles. The molecule has 0 aliphatic heterocycles. The minimum Gasteiger partial charge on any atom is -0.350 e. The van der Waals surface area contributed by atoms with Gasteiger partial charge in [0.1, 0.15) is 0 Å². The van der Waals surface area contributed by atoms with E-state index in [4.69, 9.17) is 5.73 Å². The van der Waals surface area contributed by atoms with Crippen molar-refractivity contribution < 1.29 is 31.1 Å². The quantitative estimate of drug-likeness (QED) is 0.498. The zero-order valence-corrected chi connectivity index (χ0v) is 11.1. The van der Waals surface area contributed by atoms with Gasteiger partial charge in [-0.3, -0.25) is 0 Å². The lowest BCUT2D eigenvalue weighted by Gasteiger charge is -2.14. The van der Waals surface area contributed by atoms with Crippen molar-refractivity contribution in [2.45, 2.75) is 25.7 Å². The number of carbonyl (C=O) groups excluding carboxylic acids is 1. The molecule has 0 fully saturated rings. The number of hydrazone groups is 1. The van der Waals surface area contributed by atoms with E-state index in [2.05, 4.69) is 5.10 Å². The highest BCUT2D eigenvalue weighted by molar-refractivity contribution is 6.01. The summed E-state index contributed by atoms with van der Waals surface area (Å²) in [5.74, 6) is 0. The second-order valence-corrected chi connectivity index (χ2v) is 4.18. The first-order chi connectivity index (χ1) is 9.95. The van der Waals surface area contributed by atoms with Gasteiger partial charge in [-0.2, -0.15) is 31.4 Å². The molecular weight excluding hydrogens is 316 g/mol. The Balaban J connectivity index is 3.46. The molecule has 0 saturated carbocycles. The van der Waals surface area contributed by atoms with E-state index in [9.17, 15) is 31.1 Å². The van der Waals surface area contributed by atoms with Crippen LogP contribution in [0.5, 0.6) is 0 Å². The minimum absolute atomic E-state index is 0.0122. The first-order valence-corrected chi connectivity index (χ1v) is 5.87. The maximum absolute atomic E-state index is 12.7. The molecule has 0 spiro atoms. The van der Waals surface area contributed by atoms with Crippen LogP contribution in [0.1, 0.15) is 30.0 Å². The summed E-state index contributed by atoms with van der Waals surface area (Å²) in [4.78, 5) is 10.5. The summed E-state index contributed by atoms with van der Waals surface area (Å²) >= 11 is 0. The molecule has 0 unspecified atom stereocenters. The molecule has 0 saturated heterocycles. The Morgan fingerprint density at radius 3 is 1.86 bits per heavy atom. The average molecular weight is 327 g/mol. The van der Waals surface area contributed by atoms with Crippen LogP contribution in [0.15, 0.2) is 23.3 Å². The molecule has 0 atom stereocenters. The number of hydrogen-bond acceptors (Lipinski definition) is 2. The van der Waals surface area contributed by atoms with E-state index in [1.54, 1.807) is 5.43 Å². The Kier molecular flexibility index (Phi) is 5.05. The predicted molar refractivity (Wildman–Crippen MR) is 66.0 cm³/mol. The summed E-state index contributed by atoms with van der Waals surface area (Å²) in [5.41, 5.74) is 3.03. The lowest BCUT2D eigenvalue weighted by atomic mass is 10.0. The number of nitrogens with zero attached hydrogens (tertiary/aromatic N) is 1. The number of rotatable bonds is 3. The van der Waals surface area contributed by atoms with Crippen molar-refractivity contribution in [1.29, 1.82) is 0 Å². The maximum Gasteiger partial charge on any atom is 0.416 e. The van der Waals surface area contributed by atoms with Gasteiger partial charge in [-0.05, 0) is 30.2 Å². The number of hydrogen-bond donors (Lipinski definition) is 2. The number of alkyl halides is 6. The van der Waals surface area contributed by atoms with Gasteiger partial charge in [0.2, 0.25) is 0 Å². The number of nitrogens with one attached hydrogen (secondary N) is 1. The van der Waals surface area contributed by atoms with Crippen LogP contribution in [0.3, 0.4) is 0 Å². The largest absolute Gasteiger partial charge is 0.416 e. The highest BCUT2D eigenvalue weighted by atomic mass is 19.4. The molecule has 0 aromatic heterocycles. The molecule has 0 aliphatic carbocycles. The minimum atomic E-state index is -4.95. The van der Waals surface area contributed by atoms with Crippen LogP contribution in [-0.4, -0.2) is 11.7 Å². The van der Waals surface area contributed by atoms with Crippen molar-refractivity contribution in [3.63, 3.8) is 0 Å². The van der Waals surface area contributed by atoms with E-state index < -0.39 is 35.1 Å². The van der Waals surface area contributed by atoms with E-state index in [0.29, 0.717) is 12.1 Å². The van der Waals surface area contributed by atoms with Crippen LogP contribution in [0.2, 0.25) is 0 Å². The fraction of sp³-hybridized carbons (Fsp3) is 0.333. The number of benzene rings is 1. The molecule has 0 aliphatic rings. The summed E-state index contributed by atoms with van der Waals surface area (Å²) in [6, 6.07) is -0.0207. The third kappa shape index (κ3) is 4.64. The monoisotopic (exact) mass is 327 g/mol. The number of halogens is 6. The number of carbonyl (C=O) groups is 1. The zero-order valence-electron chi connectivity index (χ0n) is 11.1. The van der Waals surface area contributed by atoms with E-state index >= 15 is 0 Å². The van der Waals surface area contributed by atoms with Crippen molar-refractivity contribution in [3.8, 4) is 0 Å². The van der Waals surface area contributed by atoms with Gasteiger partial charge in [-0.25, -0.2) is 10.2 Å². The SMILES string of the molecule is CC/C(=N\NC(N)=O)c1cc(C(F)(F)F)cc(C(F)(F)F)c1. The summed E-state index contributed by atoms with van der Waals surface area (Å²) in [6.45, 7) is 1.45. The zero-order chi connectivity index (χ0) is 17.1. The second-order valence-electron chi connectivity index (χ2n) is 4.18. The Labute approximate surface area is 121 Å². The first kappa shape index (κ1) is 17.8. The van der Waals surface area contributed by atoms with Gasteiger partial charge >= 0.3 is 18.4 Å². The molecular formula is C12H11F6N3O. The van der Waals surface area contributed by atoms with Crippen molar-refractivity contribution >= 4 is 11.7 Å². The Bertz CT molecular complexity index is 559. The predicted octanol–water partition coefficient (Wildman–Crippen LogP) is 3.51. The van der Waals surface area contributed by atoms with Crippen molar-refractivity contribution in [3.05, 3.63) is 34.9 Å². The van der Waals surface area contributed by atoms with Crippen LogP contribution in [0, 0.1) is 0 Å². The molecule has 10 heteroatoms. The summed E-state index contributed by atoms with van der Waals surface area (Å²) in [5, 5.41) is 3.42. The molecule has 1 aromatic rings. The van der Waals surface area contributed by atoms with Gasteiger partial charge < -0.3 is 5.73 Å². The summed E-state index contributed by atoms with van der Waals surface area (Å²) < 4.78 is 76.3. The fourth-order valence-corrected chi connectivity index (χ4v) is 1.59. The lowest BCUT2D eigenvalue weighted by molar-refractivity contribution is -0.143. The van der Waals surface area contributed by atoms with Gasteiger partial charge in [0, 0.05) is 0 Å². The van der Waals surface area contributed by atoms with Crippen LogP contribution in [-0.2, 0) is 12.4 Å². The lowest BCUT2D eigenvalue weighted by Crippen LogP contribution is -2.26. The summed E-state index contributed by atoms with van der Waals surface area (Å²) in [7, 11) is 0. The Morgan fingerprint density at radius 2 is 1.55 bits per heavy atom. The van der Waals surface area contributed by atoms with Gasteiger partial charge in [-0.15, -0.1) is 0 Å². The fourth-order valence-electron chi connectivity index (χ4n) is 1.59. The van der Waals surface area contributed by atoms with Crippen molar-refractivity contribution in [2.24, 2.45) is 10.8 Å². The molecule has 2 amide bonds. The van der Waals surface area contributed by atoms with Crippen molar-refractivity contribution in [1.82, 2.24) is 5.43 Å². The highest BCUT2D eigenvalue weighted by Crippen LogP contribution is 2.36. The molecule has 0 heterocycles. The van der Waals surface area contributed by atoms with E-state index in [1.165, 1.54) is 6.92 Å². The Hall–Kier alpha value is -2.26. The smallest absolute Gasteiger partial charge is 0.350 e. The normalized spacial score (nSPS) is 13.1.